The predicted octanol–water partition coefficient (Wildman–Crippen LogP) is 2.36. The second-order valence-electron chi connectivity index (χ2n) is 10.5. The Morgan fingerprint density at radius 1 is 0.929 bits per heavy atom. The zero-order valence-electron chi connectivity index (χ0n) is 24.3. The van der Waals surface area contributed by atoms with Crippen LogP contribution in [-0.2, 0) is 33.8 Å². The number of carbonyl (C=O) groups excluding carboxylic acids is 3. The van der Waals surface area contributed by atoms with Gasteiger partial charge in [-0.15, -0.1) is 0 Å². The van der Waals surface area contributed by atoms with Crippen LogP contribution in [0.1, 0.15) is 46.1 Å². The van der Waals surface area contributed by atoms with Crippen LogP contribution >= 0.6 is 0 Å². The minimum atomic E-state index is -0.731. The number of nitrogens with one attached hydrogen (secondary N) is 3. The van der Waals surface area contributed by atoms with Crippen LogP contribution in [0.25, 0.3) is 0 Å². The Kier molecular flexibility index (Phi) is 11.0. The number of amides is 3. The van der Waals surface area contributed by atoms with Crippen molar-refractivity contribution in [3.05, 3.63) is 94.7 Å². The molecule has 42 heavy (non-hydrogen) atoms. The number of nitrogen functional groups attached to an aromatic ring is 1. The fraction of sp³-hybridized carbons (Fsp3) is 0.375. The van der Waals surface area contributed by atoms with Crippen LogP contribution in [0.2, 0.25) is 0 Å². The lowest BCUT2D eigenvalue weighted by Gasteiger charge is -2.27. The summed E-state index contributed by atoms with van der Waals surface area (Å²) in [6.07, 6.45) is 1.25. The molecule has 1 fully saturated rings. The standard InChI is InChI=1S/C32H40N6O4/c1-22-27(13-15-29(33)36-22)21-35-30(39)23(2)37-31(40)28(14-10-24-6-4-3-5-7-24)34-20-25-8-11-26(12-9-25)32(41)38-16-18-42-19-17-38/h3-9,11-13,15,23,28,34H,10,14,16-21H2,1-2H3,(H2,33,36)(H,35,39)(H,37,40)/t23-,28+/m0/s1. The molecule has 10 heteroatoms. The lowest BCUT2D eigenvalue weighted by atomic mass is 10.0. The summed E-state index contributed by atoms with van der Waals surface area (Å²) in [7, 11) is 0. The highest BCUT2D eigenvalue weighted by Gasteiger charge is 2.23. The molecule has 3 amide bonds. The maximum absolute atomic E-state index is 13.3. The Labute approximate surface area is 247 Å². The molecule has 1 saturated heterocycles. The van der Waals surface area contributed by atoms with Gasteiger partial charge in [-0.05, 0) is 61.6 Å². The number of anilines is 1. The van der Waals surface area contributed by atoms with Gasteiger partial charge in [0.15, 0.2) is 0 Å². The van der Waals surface area contributed by atoms with Gasteiger partial charge in [0.05, 0.1) is 19.3 Å². The molecule has 1 aromatic heterocycles. The number of ether oxygens (including phenoxy) is 1. The first kappa shape index (κ1) is 30.7. The SMILES string of the molecule is Cc1nc(N)ccc1CNC(=O)[C@H](C)NC(=O)[C@@H](CCc1ccccc1)NCc1ccc(C(=O)N2CCOCC2)cc1. The van der Waals surface area contributed by atoms with Gasteiger partial charge >= 0.3 is 0 Å². The van der Waals surface area contributed by atoms with E-state index in [0.29, 0.717) is 57.1 Å². The topological polar surface area (TPSA) is 139 Å². The van der Waals surface area contributed by atoms with E-state index in [0.717, 1.165) is 22.4 Å². The van der Waals surface area contributed by atoms with Crippen LogP contribution in [0.3, 0.4) is 0 Å². The van der Waals surface area contributed by atoms with Crippen LogP contribution in [0.4, 0.5) is 5.82 Å². The molecule has 2 aromatic carbocycles. The van der Waals surface area contributed by atoms with E-state index in [1.54, 1.807) is 17.9 Å². The molecule has 1 aliphatic heterocycles. The number of aromatic nitrogens is 1. The van der Waals surface area contributed by atoms with E-state index in [9.17, 15) is 14.4 Å². The van der Waals surface area contributed by atoms with Crippen molar-refractivity contribution in [2.45, 2.75) is 51.9 Å². The third-order valence-electron chi connectivity index (χ3n) is 7.35. The highest BCUT2D eigenvalue weighted by atomic mass is 16.5. The summed E-state index contributed by atoms with van der Waals surface area (Å²) in [4.78, 5) is 44.9. The molecule has 0 aliphatic carbocycles. The maximum atomic E-state index is 13.3. The molecule has 2 heterocycles. The summed E-state index contributed by atoms with van der Waals surface area (Å²) >= 11 is 0. The summed E-state index contributed by atoms with van der Waals surface area (Å²) in [5.74, 6) is -0.123. The molecule has 0 saturated carbocycles. The predicted molar refractivity (Wildman–Crippen MR) is 161 cm³/mol. The molecular formula is C32H40N6O4. The number of pyridine rings is 1. The van der Waals surface area contributed by atoms with Gasteiger partial charge in [0.25, 0.3) is 5.91 Å². The fourth-order valence-electron chi connectivity index (χ4n) is 4.75. The molecule has 2 atom stereocenters. The number of nitrogens with two attached hydrogens (primary N) is 1. The van der Waals surface area contributed by atoms with Gasteiger partial charge in [-0.2, -0.15) is 0 Å². The Morgan fingerprint density at radius 3 is 2.33 bits per heavy atom. The summed E-state index contributed by atoms with van der Waals surface area (Å²) < 4.78 is 5.34. The van der Waals surface area contributed by atoms with Crippen LogP contribution < -0.4 is 21.7 Å². The quantitative estimate of drug-likeness (QED) is 0.261. The van der Waals surface area contributed by atoms with Crippen LogP contribution in [0.5, 0.6) is 0 Å². The minimum Gasteiger partial charge on any atom is -0.384 e. The molecule has 222 valence electrons. The van der Waals surface area contributed by atoms with Crippen LogP contribution in [0.15, 0.2) is 66.7 Å². The van der Waals surface area contributed by atoms with Gasteiger partial charge < -0.3 is 31.3 Å². The number of hydrogen-bond acceptors (Lipinski definition) is 7. The van der Waals surface area contributed by atoms with Gasteiger partial charge in [-0.1, -0.05) is 48.5 Å². The minimum absolute atomic E-state index is 0.00647. The van der Waals surface area contributed by atoms with E-state index in [-0.39, 0.29) is 24.3 Å². The van der Waals surface area contributed by atoms with E-state index in [2.05, 4.69) is 20.9 Å². The van der Waals surface area contributed by atoms with E-state index in [1.807, 2.05) is 67.6 Å². The van der Waals surface area contributed by atoms with E-state index >= 15 is 0 Å². The second kappa shape index (κ2) is 15.1. The Bertz CT molecular complexity index is 1340. The number of morpholine rings is 1. The molecule has 0 bridgehead atoms. The van der Waals surface area contributed by atoms with Gasteiger partial charge in [0.2, 0.25) is 11.8 Å². The highest BCUT2D eigenvalue weighted by molar-refractivity contribution is 5.94. The summed E-state index contributed by atoms with van der Waals surface area (Å²) in [6, 6.07) is 19.7. The molecule has 5 N–H and O–H groups in total. The Balaban J connectivity index is 1.34. The smallest absolute Gasteiger partial charge is 0.254 e. The number of rotatable bonds is 12. The van der Waals surface area contributed by atoms with Crippen molar-refractivity contribution < 1.29 is 19.1 Å². The summed E-state index contributed by atoms with van der Waals surface area (Å²) in [6.45, 7) is 6.52. The highest BCUT2D eigenvalue weighted by Crippen LogP contribution is 2.12. The number of benzene rings is 2. The van der Waals surface area contributed by atoms with Crippen LogP contribution in [0, 0.1) is 6.92 Å². The lowest BCUT2D eigenvalue weighted by Crippen LogP contribution is -2.51. The van der Waals surface area contributed by atoms with Gasteiger partial charge in [-0.3, -0.25) is 14.4 Å². The Morgan fingerprint density at radius 2 is 1.64 bits per heavy atom. The molecular weight excluding hydrogens is 532 g/mol. The van der Waals surface area contributed by atoms with E-state index in [4.69, 9.17) is 10.5 Å². The van der Waals surface area contributed by atoms with Gasteiger partial charge in [0.1, 0.15) is 11.9 Å². The lowest BCUT2D eigenvalue weighted by molar-refractivity contribution is -0.129. The molecule has 4 rings (SSSR count). The molecule has 0 radical (unpaired) electrons. The maximum Gasteiger partial charge on any atom is 0.254 e. The molecule has 0 unspecified atom stereocenters. The largest absolute Gasteiger partial charge is 0.384 e. The normalized spacial score (nSPS) is 14.6. The zero-order valence-corrected chi connectivity index (χ0v) is 24.3. The average molecular weight is 573 g/mol. The first-order chi connectivity index (χ1) is 20.3. The molecule has 10 nitrogen and oxygen atoms in total. The third kappa shape index (κ3) is 8.86. The average Bonchev–Trinajstić information content (AvgIpc) is 3.01. The fourth-order valence-corrected chi connectivity index (χ4v) is 4.75. The van der Waals surface area contributed by atoms with Gasteiger partial charge in [0, 0.05) is 37.4 Å². The van der Waals surface area contributed by atoms with E-state index < -0.39 is 12.1 Å². The number of hydrogen-bond donors (Lipinski definition) is 4. The van der Waals surface area contributed by atoms with Crippen molar-refractivity contribution in [1.82, 2.24) is 25.8 Å². The number of nitrogens with zero attached hydrogens (tertiary/aromatic N) is 2. The number of carbonyl (C=O) groups is 3. The monoisotopic (exact) mass is 572 g/mol. The van der Waals surface area contributed by atoms with Crippen molar-refractivity contribution in [2.24, 2.45) is 0 Å². The second-order valence-corrected chi connectivity index (χ2v) is 10.5. The zero-order chi connectivity index (χ0) is 29.9. The van der Waals surface area contributed by atoms with Crippen molar-refractivity contribution >= 4 is 23.5 Å². The first-order valence-electron chi connectivity index (χ1n) is 14.3. The molecule has 0 spiro atoms. The summed E-state index contributed by atoms with van der Waals surface area (Å²) in [5.41, 5.74) is 10.0. The van der Waals surface area contributed by atoms with Crippen LogP contribution in [-0.4, -0.2) is 66.0 Å². The van der Waals surface area contributed by atoms with Crippen molar-refractivity contribution in [1.29, 1.82) is 0 Å². The third-order valence-corrected chi connectivity index (χ3v) is 7.35. The number of aryl methyl sites for hydroxylation is 2. The first-order valence-corrected chi connectivity index (χ1v) is 14.3. The molecule has 3 aromatic rings. The Hall–Kier alpha value is -4.28. The van der Waals surface area contributed by atoms with E-state index in [1.165, 1.54) is 0 Å². The van der Waals surface area contributed by atoms with Crippen molar-refractivity contribution in [2.75, 3.05) is 32.0 Å². The van der Waals surface area contributed by atoms with Crippen molar-refractivity contribution in [3.63, 3.8) is 0 Å². The van der Waals surface area contributed by atoms with Crippen molar-refractivity contribution in [3.8, 4) is 0 Å². The summed E-state index contributed by atoms with van der Waals surface area (Å²) in [5, 5.41) is 9.08. The van der Waals surface area contributed by atoms with Gasteiger partial charge in [-0.25, -0.2) is 4.98 Å². The molecule has 1 aliphatic rings.